The normalized spacial score (nSPS) is 14.0. The maximum atomic E-state index is 13.9. The summed E-state index contributed by atoms with van der Waals surface area (Å²) in [6.07, 6.45) is -4.82. The van der Waals surface area contributed by atoms with Gasteiger partial charge in [0, 0.05) is 29.3 Å². The number of rotatable bonds is 5. The van der Waals surface area contributed by atoms with Gasteiger partial charge in [-0.3, -0.25) is 0 Å². The number of hydrogen-bond donors (Lipinski definition) is 3. The third-order valence-electron chi connectivity index (χ3n) is 7.03. The number of fused-ring (bicyclic) bond motifs is 2. The number of halogens is 4. The van der Waals surface area contributed by atoms with E-state index in [1.807, 2.05) is 23.1 Å². The van der Waals surface area contributed by atoms with Crippen LogP contribution in [0, 0.1) is 5.82 Å². The van der Waals surface area contributed by atoms with Gasteiger partial charge in [0.1, 0.15) is 22.3 Å². The van der Waals surface area contributed by atoms with E-state index in [1.54, 1.807) is 24.3 Å². The van der Waals surface area contributed by atoms with E-state index < -0.39 is 23.6 Å². The Balaban J connectivity index is 1.31. The van der Waals surface area contributed by atoms with Gasteiger partial charge in [-0.2, -0.15) is 0 Å². The summed E-state index contributed by atoms with van der Waals surface area (Å²) in [4.78, 5) is 19.5. The highest BCUT2D eigenvalue weighted by Gasteiger charge is 2.41. The van der Waals surface area contributed by atoms with Crippen molar-refractivity contribution < 1.29 is 32.2 Å². The number of urea groups is 1. The van der Waals surface area contributed by atoms with Crippen LogP contribution in [0.4, 0.5) is 45.1 Å². The lowest BCUT2D eigenvalue weighted by Crippen LogP contribution is -2.27. The van der Waals surface area contributed by atoms with Crippen LogP contribution < -0.4 is 20.3 Å². The number of carbonyl (C=O) groups excluding carboxylic acids is 1. The molecule has 220 valence electrons. The molecule has 5 aromatic rings. The minimum Gasteiger partial charge on any atom is -0.506 e. The molecule has 7 nitrogen and oxygen atoms in total. The highest BCUT2D eigenvalue weighted by molar-refractivity contribution is 7.21. The third kappa shape index (κ3) is 5.65. The summed E-state index contributed by atoms with van der Waals surface area (Å²) in [7, 11) is 0. The van der Waals surface area contributed by atoms with Gasteiger partial charge in [-0.1, -0.05) is 26.0 Å². The molecule has 0 unspecified atom stereocenters. The fourth-order valence-corrected chi connectivity index (χ4v) is 6.31. The largest absolute Gasteiger partial charge is 0.573 e. The number of anilines is 4. The number of amides is 2. The zero-order chi connectivity index (χ0) is 30.5. The molecule has 0 fully saturated rings. The van der Waals surface area contributed by atoms with Crippen LogP contribution in [-0.2, 0) is 5.41 Å². The second-order valence-electron chi connectivity index (χ2n) is 10.6. The molecule has 12 heteroatoms. The van der Waals surface area contributed by atoms with Crippen LogP contribution in [0.2, 0.25) is 0 Å². The lowest BCUT2D eigenvalue weighted by molar-refractivity contribution is -0.274. The van der Waals surface area contributed by atoms with Crippen molar-refractivity contribution in [3.8, 4) is 22.1 Å². The maximum Gasteiger partial charge on any atom is 0.573 e. The molecule has 0 saturated heterocycles. The predicted octanol–water partition coefficient (Wildman–Crippen LogP) is 8.78. The molecule has 2 amide bonds. The quantitative estimate of drug-likeness (QED) is 0.174. The van der Waals surface area contributed by atoms with Crippen LogP contribution in [0.1, 0.15) is 19.4 Å². The first-order valence-electron chi connectivity index (χ1n) is 13.1. The Bertz CT molecular complexity index is 1850. The van der Waals surface area contributed by atoms with E-state index in [1.165, 1.54) is 35.6 Å². The number of nitrogens with zero attached hydrogens (tertiary/aromatic N) is 2. The third-order valence-corrected chi connectivity index (χ3v) is 8.10. The van der Waals surface area contributed by atoms with Crippen molar-refractivity contribution in [1.29, 1.82) is 0 Å². The van der Waals surface area contributed by atoms with E-state index in [2.05, 4.69) is 34.2 Å². The first kappa shape index (κ1) is 28.3. The minimum atomic E-state index is -4.82. The van der Waals surface area contributed by atoms with Gasteiger partial charge in [0.15, 0.2) is 0 Å². The number of hydrogen-bond acceptors (Lipinski definition) is 6. The maximum absolute atomic E-state index is 13.9. The predicted molar refractivity (Wildman–Crippen MR) is 159 cm³/mol. The Labute approximate surface area is 247 Å². The Kier molecular flexibility index (Phi) is 6.88. The highest BCUT2D eigenvalue weighted by atomic mass is 32.1. The molecule has 1 aliphatic heterocycles. The topological polar surface area (TPSA) is 86.7 Å². The molecule has 43 heavy (non-hydrogen) atoms. The van der Waals surface area contributed by atoms with Gasteiger partial charge in [-0.05, 0) is 66.2 Å². The summed E-state index contributed by atoms with van der Waals surface area (Å²) in [6, 6.07) is 19.2. The fraction of sp³-hybridized carbons (Fsp3) is 0.161. The van der Waals surface area contributed by atoms with Gasteiger partial charge in [0.05, 0.1) is 27.3 Å². The summed E-state index contributed by atoms with van der Waals surface area (Å²) in [5.41, 5.74) is 3.69. The number of benzene rings is 4. The van der Waals surface area contributed by atoms with Gasteiger partial charge in [-0.25, -0.2) is 14.2 Å². The monoisotopic (exact) mass is 608 g/mol. The van der Waals surface area contributed by atoms with E-state index in [9.17, 15) is 27.5 Å². The van der Waals surface area contributed by atoms with Crippen molar-refractivity contribution in [2.45, 2.75) is 25.6 Å². The second-order valence-corrected chi connectivity index (χ2v) is 11.7. The summed E-state index contributed by atoms with van der Waals surface area (Å²) in [5.74, 6) is -0.722. The number of nitrogens with one attached hydrogen (secondary N) is 2. The van der Waals surface area contributed by atoms with Crippen LogP contribution in [0.25, 0.3) is 20.8 Å². The number of phenols is 1. The van der Waals surface area contributed by atoms with E-state index in [4.69, 9.17) is 0 Å². The number of alkyl halides is 3. The standard InChI is InChI=1S/C31H24F4N4O3S/c1-30(2)16-39(27-24(40)13-12-20(26(27)30)28-37-22-15-17(32)7-14-25(22)43-28)23-6-4-3-5-21(23)38-29(41)36-18-8-10-19(11-9-18)42-31(33,34)35/h3-15,40H,16H2,1-2H3,(H2,36,38,41). The molecule has 0 radical (unpaired) electrons. The van der Waals surface area contributed by atoms with E-state index in [0.29, 0.717) is 34.1 Å². The highest BCUT2D eigenvalue weighted by Crippen LogP contribution is 2.54. The van der Waals surface area contributed by atoms with Crippen LogP contribution >= 0.6 is 11.3 Å². The van der Waals surface area contributed by atoms with E-state index in [0.717, 1.165) is 28.0 Å². The Morgan fingerprint density at radius 2 is 1.77 bits per heavy atom. The van der Waals surface area contributed by atoms with Crippen molar-refractivity contribution in [3.05, 3.63) is 90.2 Å². The first-order valence-corrected chi connectivity index (χ1v) is 13.9. The van der Waals surface area contributed by atoms with Gasteiger partial charge < -0.3 is 25.4 Å². The molecule has 0 spiro atoms. The minimum absolute atomic E-state index is 0.0527. The smallest absolute Gasteiger partial charge is 0.506 e. The van der Waals surface area contributed by atoms with Crippen molar-refractivity contribution in [1.82, 2.24) is 4.98 Å². The molecule has 1 aliphatic rings. The Morgan fingerprint density at radius 1 is 1.02 bits per heavy atom. The lowest BCUT2D eigenvalue weighted by Gasteiger charge is -2.25. The summed E-state index contributed by atoms with van der Waals surface area (Å²) in [6.45, 7) is 4.57. The lowest BCUT2D eigenvalue weighted by atomic mass is 9.83. The Morgan fingerprint density at radius 3 is 2.51 bits per heavy atom. The molecule has 0 atom stereocenters. The van der Waals surface area contributed by atoms with Crippen molar-refractivity contribution >= 4 is 50.3 Å². The number of phenolic OH excluding ortho intramolecular Hbond substituents is 1. The number of aromatic nitrogens is 1. The average Bonchev–Trinajstić information content (AvgIpc) is 3.48. The fourth-order valence-electron chi connectivity index (χ4n) is 5.33. The van der Waals surface area contributed by atoms with Gasteiger partial charge in [-0.15, -0.1) is 24.5 Å². The molecular weight excluding hydrogens is 584 g/mol. The number of ether oxygens (including phenoxy) is 1. The van der Waals surface area contributed by atoms with E-state index >= 15 is 0 Å². The SMILES string of the molecule is CC1(C)CN(c2ccccc2NC(=O)Nc2ccc(OC(F)(F)F)cc2)c2c(O)ccc(-c3nc4cc(F)ccc4s3)c21. The molecule has 2 heterocycles. The molecule has 4 aromatic carbocycles. The molecule has 0 bridgehead atoms. The number of para-hydroxylation sites is 2. The molecule has 0 saturated carbocycles. The molecule has 6 rings (SSSR count). The summed E-state index contributed by atoms with van der Waals surface area (Å²) >= 11 is 1.44. The van der Waals surface area contributed by atoms with Crippen LogP contribution in [0.3, 0.4) is 0 Å². The number of thiazole rings is 1. The second kappa shape index (κ2) is 10.5. The zero-order valence-corrected chi connectivity index (χ0v) is 23.6. The van der Waals surface area contributed by atoms with Gasteiger partial charge in [0.25, 0.3) is 0 Å². The molecule has 1 aromatic heterocycles. The first-order chi connectivity index (χ1) is 20.4. The van der Waals surface area contributed by atoms with Crippen molar-refractivity contribution in [2.24, 2.45) is 0 Å². The summed E-state index contributed by atoms with van der Waals surface area (Å²) in [5, 5.41) is 17.2. The van der Waals surface area contributed by atoms with Crippen molar-refractivity contribution in [3.63, 3.8) is 0 Å². The zero-order valence-electron chi connectivity index (χ0n) is 22.8. The van der Waals surface area contributed by atoms with Crippen LogP contribution in [-0.4, -0.2) is 29.0 Å². The molecule has 3 N–H and O–H groups in total. The Hall–Kier alpha value is -4.84. The summed E-state index contributed by atoms with van der Waals surface area (Å²) < 4.78 is 55.9. The average molecular weight is 609 g/mol. The molecular formula is C31H24F4N4O3S. The number of aromatic hydroxyl groups is 1. The van der Waals surface area contributed by atoms with Crippen LogP contribution in [0.15, 0.2) is 78.9 Å². The van der Waals surface area contributed by atoms with Gasteiger partial charge >= 0.3 is 12.4 Å². The van der Waals surface area contributed by atoms with Crippen LogP contribution in [0.5, 0.6) is 11.5 Å². The number of carbonyl (C=O) groups is 1. The van der Waals surface area contributed by atoms with E-state index in [-0.39, 0.29) is 17.3 Å². The van der Waals surface area contributed by atoms with Gasteiger partial charge in [0.2, 0.25) is 0 Å². The molecule has 0 aliphatic carbocycles. The van der Waals surface area contributed by atoms with Crippen molar-refractivity contribution in [2.75, 3.05) is 22.1 Å².